The Morgan fingerprint density at radius 2 is 1.79 bits per heavy atom. The van der Waals surface area contributed by atoms with Crippen molar-refractivity contribution in [3.63, 3.8) is 0 Å². The molecule has 0 aliphatic carbocycles. The molecule has 19 heavy (non-hydrogen) atoms. The molecule has 1 aromatic rings. The van der Waals surface area contributed by atoms with Crippen molar-refractivity contribution in [3.8, 4) is 0 Å². The topological polar surface area (TPSA) is 144 Å². The van der Waals surface area contributed by atoms with Gasteiger partial charge in [-0.3, -0.25) is 0 Å². The fraction of sp³-hybridized carbons (Fsp3) is 0.444. The van der Waals surface area contributed by atoms with Crippen molar-refractivity contribution in [2.75, 3.05) is 19.8 Å². The standard InChI is InChI=1S/C9H13NO7S2/c11-3-9(4-12,5-13)10-19(16,17)7-1-6(2-18-7)8(14)15/h1-2,10-13H,3-5H2,(H,14,15). The summed E-state index contributed by atoms with van der Waals surface area (Å²) in [6, 6.07) is 0.951. The molecular formula is C9H13NO7S2. The average molecular weight is 311 g/mol. The lowest BCUT2D eigenvalue weighted by atomic mass is 10.1. The van der Waals surface area contributed by atoms with E-state index in [1.807, 2.05) is 4.72 Å². The van der Waals surface area contributed by atoms with Crippen LogP contribution in [0, 0.1) is 0 Å². The number of carbonyl (C=O) groups is 1. The van der Waals surface area contributed by atoms with E-state index in [0.29, 0.717) is 11.3 Å². The van der Waals surface area contributed by atoms with E-state index in [1.54, 1.807) is 0 Å². The van der Waals surface area contributed by atoms with Crippen LogP contribution in [0.15, 0.2) is 15.7 Å². The van der Waals surface area contributed by atoms with Crippen LogP contribution in [-0.4, -0.2) is 60.2 Å². The maximum absolute atomic E-state index is 11.9. The summed E-state index contributed by atoms with van der Waals surface area (Å²) in [6.45, 7) is -2.43. The number of thiophene rings is 1. The first-order valence-corrected chi connectivity index (χ1v) is 7.35. The summed E-state index contributed by atoms with van der Waals surface area (Å²) in [6.07, 6.45) is 0. The van der Waals surface area contributed by atoms with E-state index in [2.05, 4.69) is 0 Å². The van der Waals surface area contributed by atoms with E-state index in [9.17, 15) is 13.2 Å². The van der Waals surface area contributed by atoms with E-state index in [4.69, 9.17) is 20.4 Å². The minimum Gasteiger partial charge on any atom is -0.478 e. The number of carboxylic acid groups (broad SMARTS) is 1. The number of sulfonamides is 1. The highest BCUT2D eigenvalue weighted by Crippen LogP contribution is 2.21. The Bertz CT molecular complexity index is 538. The van der Waals surface area contributed by atoms with Crippen LogP contribution in [0.2, 0.25) is 0 Å². The molecule has 0 saturated heterocycles. The van der Waals surface area contributed by atoms with Crippen LogP contribution >= 0.6 is 11.3 Å². The van der Waals surface area contributed by atoms with Crippen LogP contribution in [-0.2, 0) is 10.0 Å². The molecule has 0 aromatic carbocycles. The number of aromatic carboxylic acids is 1. The number of aliphatic hydroxyl groups excluding tert-OH is 3. The summed E-state index contributed by atoms with van der Waals surface area (Å²) in [4.78, 5) is 10.7. The summed E-state index contributed by atoms with van der Waals surface area (Å²) in [5, 5.41) is 37.0. The predicted molar refractivity (Wildman–Crippen MR) is 65.6 cm³/mol. The molecule has 0 aliphatic heterocycles. The number of hydrogen-bond donors (Lipinski definition) is 5. The molecule has 0 unspecified atom stereocenters. The maximum Gasteiger partial charge on any atom is 0.336 e. The van der Waals surface area contributed by atoms with Crippen LogP contribution in [0.3, 0.4) is 0 Å². The lowest BCUT2D eigenvalue weighted by molar-refractivity contribution is 0.0582. The number of carboxylic acids is 1. The van der Waals surface area contributed by atoms with Crippen LogP contribution in [0.5, 0.6) is 0 Å². The van der Waals surface area contributed by atoms with Gasteiger partial charge in [-0.1, -0.05) is 0 Å². The third kappa shape index (κ3) is 3.49. The largest absolute Gasteiger partial charge is 0.478 e. The van der Waals surface area contributed by atoms with Gasteiger partial charge in [0.1, 0.15) is 9.75 Å². The van der Waals surface area contributed by atoms with Crippen molar-refractivity contribution in [3.05, 3.63) is 17.0 Å². The summed E-state index contributed by atoms with van der Waals surface area (Å²) in [5.74, 6) is -1.27. The molecule has 0 amide bonds. The SMILES string of the molecule is O=C(O)c1csc(S(=O)(=O)NC(CO)(CO)CO)c1. The second-order valence-corrected chi connectivity index (χ2v) is 6.64. The van der Waals surface area contributed by atoms with Crippen LogP contribution < -0.4 is 4.72 Å². The zero-order valence-electron chi connectivity index (χ0n) is 9.61. The summed E-state index contributed by atoms with van der Waals surface area (Å²) in [7, 11) is -4.14. The quantitative estimate of drug-likeness (QED) is 0.409. The molecule has 5 N–H and O–H groups in total. The minimum atomic E-state index is -4.14. The lowest BCUT2D eigenvalue weighted by Crippen LogP contribution is -2.56. The second-order valence-electron chi connectivity index (χ2n) is 3.82. The highest BCUT2D eigenvalue weighted by atomic mass is 32.2. The molecule has 0 spiro atoms. The molecule has 10 heteroatoms. The van der Waals surface area contributed by atoms with Crippen molar-refractivity contribution in [2.24, 2.45) is 0 Å². The molecule has 0 atom stereocenters. The van der Waals surface area contributed by atoms with Crippen molar-refractivity contribution < 1.29 is 33.6 Å². The van der Waals surface area contributed by atoms with E-state index in [0.717, 1.165) is 11.4 Å². The maximum atomic E-state index is 11.9. The molecule has 108 valence electrons. The Morgan fingerprint density at radius 3 is 2.16 bits per heavy atom. The fourth-order valence-corrected chi connectivity index (χ4v) is 3.68. The van der Waals surface area contributed by atoms with Gasteiger partial charge in [0, 0.05) is 5.38 Å². The molecule has 0 radical (unpaired) electrons. The summed E-state index contributed by atoms with van der Waals surface area (Å²) in [5.41, 5.74) is -1.99. The van der Waals surface area contributed by atoms with Gasteiger partial charge in [-0.25, -0.2) is 13.2 Å². The highest BCUT2D eigenvalue weighted by molar-refractivity contribution is 7.91. The molecule has 1 heterocycles. The first-order chi connectivity index (χ1) is 8.80. The predicted octanol–water partition coefficient (Wildman–Crippen LogP) is -1.56. The molecule has 0 fully saturated rings. The minimum absolute atomic E-state index is 0.187. The van der Waals surface area contributed by atoms with Crippen molar-refractivity contribution in [2.45, 2.75) is 9.75 Å². The Hall–Kier alpha value is -1.04. The van der Waals surface area contributed by atoms with E-state index in [1.165, 1.54) is 0 Å². The van der Waals surface area contributed by atoms with Gasteiger partial charge in [0.15, 0.2) is 0 Å². The number of aliphatic hydroxyl groups is 3. The van der Waals surface area contributed by atoms with Crippen LogP contribution in [0.4, 0.5) is 0 Å². The van der Waals surface area contributed by atoms with Gasteiger partial charge in [0.2, 0.25) is 0 Å². The number of rotatable bonds is 7. The van der Waals surface area contributed by atoms with Crippen LogP contribution in [0.1, 0.15) is 10.4 Å². The third-order valence-electron chi connectivity index (χ3n) is 2.35. The molecular weight excluding hydrogens is 298 g/mol. The van der Waals surface area contributed by atoms with E-state index < -0.39 is 41.4 Å². The van der Waals surface area contributed by atoms with Gasteiger partial charge in [-0.2, -0.15) is 4.72 Å². The van der Waals surface area contributed by atoms with Gasteiger partial charge in [-0.15, -0.1) is 11.3 Å². The first-order valence-electron chi connectivity index (χ1n) is 4.98. The van der Waals surface area contributed by atoms with Gasteiger partial charge < -0.3 is 20.4 Å². The summed E-state index contributed by atoms with van der Waals surface area (Å²) >= 11 is 0.681. The number of nitrogens with one attached hydrogen (secondary N) is 1. The van der Waals surface area contributed by atoms with Gasteiger partial charge in [0.25, 0.3) is 10.0 Å². The van der Waals surface area contributed by atoms with Gasteiger partial charge >= 0.3 is 5.97 Å². The molecule has 8 nitrogen and oxygen atoms in total. The Morgan fingerprint density at radius 1 is 1.26 bits per heavy atom. The molecule has 0 bridgehead atoms. The Kier molecular flexibility index (Phi) is 5.01. The zero-order valence-corrected chi connectivity index (χ0v) is 11.2. The Balaban J connectivity index is 3.06. The first kappa shape index (κ1) is 16.0. The third-order valence-corrected chi connectivity index (χ3v) is 5.36. The zero-order chi connectivity index (χ0) is 14.7. The number of hydrogen-bond acceptors (Lipinski definition) is 7. The van der Waals surface area contributed by atoms with Crippen molar-refractivity contribution in [1.29, 1.82) is 0 Å². The fourth-order valence-electron chi connectivity index (χ4n) is 1.15. The Labute approximate surface area is 113 Å². The molecule has 0 aliphatic rings. The van der Waals surface area contributed by atoms with Crippen molar-refractivity contribution in [1.82, 2.24) is 4.72 Å². The monoisotopic (exact) mass is 311 g/mol. The second kappa shape index (κ2) is 5.94. The van der Waals surface area contributed by atoms with Crippen molar-refractivity contribution >= 4 is 27.3 Å². The molecule has 0 saturated carbocycles. The van der Waals surface area contributed by atoms with E-state index >= 15 is 0 Å². The van der Waals surface area contributed by atoms with Gasteiger partial charge in [0.05, 0.1) is 25.4 Å². The molecule has 1 aromatic heterocycles. The smallest absolute Gasteiger partial charge is 0.336 e. The van der Waals surface area contributed by atoms with Gasteiger partial charge in [-0.05, 0) is 6.07 Å². The average Bonchev–Trinajstić information content (AvgIpc) is 2.86. The highest BCUT2D eigenvalue weighted by Gasteiger charge is 2.34. The summed E-state index contributed by atoms with van der Waals surface area (Å²) < 4.78 is 25.5. The molecule has 1 rings (SSSR count). The normalized spacial score (nSPS) is 12.6. The van der Waals surface area contributed by atoms with Crippen LogP contribution in [0.25, 0.3) is 0 Å². The van der Waals surface area contributed by atoms with E-state index in [-0.39, 0.29) is 9.77 Å². The lowest BCUT2D eigenvalue weighted by Gasteiger charge is -2.27.